The molecule has 1 amide bonds. The molecule has 0 aromatic carbocycles. The third-order valence-corrected chi connectivity index (χ3v) is 4.78. The minimum atomic E-state index is -0.998. The van der Waals surface area contributed by atoms with E-state index in [9.17, 15) is 9.90 Å². The van der Waals surface area contributed by atoms with Gasteiger partial charge in [0, 0.05) is 24.9 Å². The van der Waals surface area contributed by atoms with E-state index in [2.05, 4.69) is 15.3 Å². The van der Waals surface area contributed by atoms with E-state index in [1.54, 1.807) is 32.3 Å². The van der Waals surface area contributed by atoms with Gasteiger partial charge in [-0.05, 0) is 38.8 Å². The van der Waals surface area contributed by atoms with E-state index >= 15 is 0 Å². The van der Waals surface area contributed by atoms with E-state index in [4.69, 9.17) is 9.72 Å². The topological polar surface area (TPSA) is 100 Å². The summed E-state index contributed by atoms with van der Waals surface area (Å²) in [6, 6.07) is 3.64. The Labute approximate surface area is 157 Å². The van der Waals surface area contributed by atoms with Crippen LogP contribution >= 0.6 is 0 Å². The number of fused-ring (bicyclic) bond motifs is 1. The zero-order valence-electron chi connectivity index (χ0n) is 15.5. The molecule has 2 aromatic heterocycles. The maximum absolute atomic E-state index is 12.0. The molecule has 2 aliphatic heterocycles. The number of carbonyl (C=O) groups is 1. The van der Waals surface area contributed by atoms with Gasteiger partial charge in [-0.3, -0.25) is 9.78 Å². The second-order valence-electron chi connectivity index (χ2n) is 7.48. The molecule has 0 spiro atoms. The number of nitrogens with one attached hydrogen (secondary N) is 1. The molecule has 1 saturated heterocycles. The second-order valence-corrected chi connectivity index (χ2v) is 7.48. The van der Waals surface area contributed by atoms with E-state index in [0.717, 1.165) is 25.0 Å². The third kappa shape index (κ3) is 3.77. The molecule has 0 aliphatic carbocycles. The van der Waals surface area contributed by atoms with Crippen molar-refractivity contribution in [3.63, 3.8) is 0 Å². The summed E-state index contributed by atoms with van der Waals surface area (Å²) in [5.74, 6) is 1.02. The average Bonchev–Trinajstić information content (AvgIpc) is 3.14. The van der Waals surface area contributed by atoms with Crippen molar-refractivity contribution in [2.75, 3.05) is 29.9 Å². The molecular formula is C19H23N5O3. The number of nitrogens with zero attached hydrogens (tertiary/aromatic N) is 4. The summed E-state index contributed by atoms with van der Waals surface area (Å²) in [7, 11) is 0. The van der Waals surface area contributed by atoms with Crippen LogP contribution in [0, 0.1) is 0 Å². The van der Waals surface area contributed by atoms with E-state index < -0.39 is 5.60 Å². The lowest BCUT2D eigenvalue weighted by atomic mass is 10.0. The van der Waals surface area contributed by atoms with Gasteiger partial charge in [0.2, 0.25) is 5.91 Å². The first-order valence-electron chi connectivity index (χ1n) is 9.13. The van der Waals surface area contributed by atoms with E-state index in [0.29, 0.717) is 29.6 Å². The fourth-order valence-electron chi connectivity index (χ4n) is 3.34. The van der Waals surface area contributed by atoms with Crippen LogP contribution in [0.1, 0.15) is 32.4 Å². The van der Waals surface area contributed by atoms with Gasteiger partial charge in [-0.2, -0.15) is 0 Å². The van der Waals surface area contributed by atoms with Crippen LogP contribution in [-0.2, 0) is 15.1 Å². The molecule has 4 rings (SSSR count). The Hall–Kier alpha value is -2.58. The first kappa shape index (κ1) is 17.8. The van der Waals surface area contributed by atoms with E-state index in [1.165, 1.54) is 0 Å². The maximum Gasteiger partial charge on any atom is 0.245 e. The van der Waals surface area contributed by atoms with Crippen molar-refractivity contribution in [3.05, 3.63) is 30.2 Å². The largest absolute Gasteiger partial charge is 0.384 e. The molecule has 0 saturated carbocycles. The maximum atomic E-state index is 12.0. The number of rotatable bonds is 4. The van der Waals surface area contributed by atoms with Crippen LogP contribution in [0.5, 0.6) is 0 Å². The van der Waals surface area contributed by atoms with Gasteiger partial charge < -0.3 is 20.1 Å². The summed E-state index contributed by atoms with van der Waals surface area (Å²) < 4.78 is 5.71. The number of pyridine rings is 1. The highest BCUT2D eigenvalue weighted by Crippen LogP contribution is 2.30. The molecular weight excluding hydrogens is 346 g/mol. The van der Waals surface area contributed by atoms with Crippen molar-refractivity contribution in [3.8, 4) is 11.3 Å². The highest BCUT2D eigenvalue weighted by molar-refractivity contribution is 5.99. The van der Waals surface area contributed by atoms with Crippen molar-refractivity contribution in [2.24, 2.45) is 0 Å². The van der Waals surface area contributed by atoms with E-state index in [-0.39, 0.29) is 18.6 Å². The Morgan fingerprint density at radius 3 is 2.85 bits per heavy atom. The van der Waals surface area contributed by atoms with Crippen LogP contribution in [0.3, 0.4) is 0 Å². The highest BCUT2D eigenvalue weighted by Gasteiger charge is 2.29. The summed E-state index contributed by atoms with van der Waals surface area (Å²) in [5, 5.41) is 12.8. The monoisotopic (exact) mass is 369 g/mol. The number of anilines is 2. The summed E-state index contributed by atoms with van der Waals surface area (Å²) in [5.41, 5.74) is 1.05. The van der Waals surface area contributed by atoms with Gasteiger partial charge in [0.1, 0.15) is 5.60 Å². The summed E-state index contributed by atoms with van der Waals surface area (Å²) in [4.78, 5) is 27.4. The van der Waals surface area contributed by atoms with Crippen LogP contribution < -0.4 is 10.2 Å². The molecule has 0 unspecified atom stereocenters. The van der Waals surface area contributed by atoms with Gasteiger partial charge >= 0.3 is 0 Å². The van der Waals surface area contributed by atoms with Gasteiger partial charge in [-0.25, -0.2) is 9.97 Å². The summed E-state index contributed by atoms with van der Waals surface area (Å²) >= 11 is 0. The fraction of sp³-hybridized carbons (Fsp3) is 0.474. The minimum Gasteiger partial charge on any atom is -0.384 e. The zero-order valence-corrected chi connectivity index (χ0v) is 15.5. The van der Waals surface area contributed by atoms with Crippen molar-refractivity contribution >= 4 is 17.5 Å². The standard InChI is InChI=1S/C19H23N5O3/c1-19(2,26)15-6-5-12(8-20-15)14-9-21-17-18(22-14)24(11-16(25)23-17)10-13-4-3-7-27-13/h5-6,8-9,13,26H,3-4,7,10-11H2,1-2H3,(H,21,23,25)/t13-/m0/s1. The molecule has 0 radical (unpaired) electrons. The van der Waals surface area contributed by atoms with Crippen molar-refractivity contribution < 1.29 is 14.6 Å². The van der Waals surface area contributed by atoms with Crippen LogP contribution in [0.4, 0.5) is 11.6 Å². The SMILES string of the molecule is CC(C)(O)c1ccc(-c2cnc3c(n2)N(C[C@@H]2CCCO2)CC(=O)N3)cn1. The number of amides is 1. The van der Waals surface area contributed by atoms with Crippen LogP contribution in [-0.4, -0.2) is 51.8 Å². The predicted molar refractivity (Wildman–Crippen MR) is 100 cm³/mol. The Bertz CT molecular complexity index is 841. The molecule has 4 heterocycles. The smallest absolute Gasteiger partial charge is 0.245 e. The van der Waals surface area contributed by atoms with Crippen LogP contribution in [0.25, 0.3) is 11.3 Å². The summed E-state index contributed by atoms with van der Waals surface area (Å²) in [6.07, 6.45) is 5.44. The fourth-order valence-corrected chi connectivity index (χ4v) is 3.34. The normalized spacial score (nSPS) is 19.7. The summed E-state index contributed by atoms with van der Waals surface area (Å²) in [6.45, 7) is 5.01. The molecule has 8 heteroatoms. The van der Waals surface area contributed by atoms with Gasteiger partial charge in [0.25, 0.3) is 0 Å². The predicted octanol–water partition coefficient (Wildman–Crippen LogP) is 1.70. The first-order valence-corrected chi connectivity index (χ1v) is 9.13. The number of aliphatic hydroxyl groups is 1. The second kappa shape index (κ2) is 6.86. The quantitative estimate of drug-likeness (QED) is 0.846. The number of aromatic nitrogens is 3. The minimum absolute atomic E-state index is 0.0984. The number of carbonyl (C=O) groups excluding carboxylic acids is 1. The Morgan fingerprint density at radius 2 is 2.19 bits per heavy atom. The average molecular weight is 369 g/mol. The van der Waals surface area contributed by atoms with Crippen LogP contribution in [0.15, 0.2) is 24.5 Å². The Kier molecular flexibility index (Phi) is 4.53. The molecule has 2 aromatic rings. The third-order valence-electron chi connectivity index (χ3n) is 4.78. The number of ether oxygens (including phenoxy) is 1. The van der Waals surface area contributed by atoms with Crippen LogP contribution in [0.2, 0.25) is 0 Å². The Morgan fingerprint density at radius 1 is 1.33 bits per heavy atom. The van der Waals surface area contributed by atoms with Gasteiger partial charge in [-0.1, -0.05) is 0 Å². The van der Waals surface area contributed by atoms with Crippen molar-refractivity contribution in [1.82, 2.24) is 15.0 Å². The molecule has 27 heavy (non-hydrogen) atoms. The van der Waals surface area contributed by atoms with Crippen molar-refractivity contribution in [2.45, 2.75) is 38.4 Å². The molecule has 1 fully saturated rings. The highest BCUT2D eigenvalue weighted by atomic mass is 16.5. The van der Waals surface area contributed by atoms with Gasteiger partial charge in [0.15, 0.2) is 11.6 Å². The lowest BCUT2D eigenvalue weighted by Gasteiger charge is -2.30. The van der Waals surface area contributed by atoms with Crippen molar-refractivity contribution in [1.29, 1.82) is 0 Å². The zero-order chi connectivity index (χ0) is 19.0. The molecule has 8 nitrogen and oxygen atoms in total. The number of hydrogen-bond acceptors (Lipinski definition) is 7. The lowest BCUT2D eigenvalue weighted by molar-refractivity contribution is -0.115. The molecule has 1 atom stereocenters. The first-order chi connectivity index (χ1) is 12.9. The Balaban J connectivity index is 1.63. The van der Waals surface area contributed by atoms with Gasteiger partial charge in [-0.15, -0.1) is 0 Å². The van der Waals surface area contributed by atoms with Gasteiger partial charge in [0.05, 0.1) is 30.2 Å². The molecule has 2 aliphatic rings. The number of hydrogen-bond donors (Lipinski definition) is 2. The lowest BCUT2D eigenvalue weighted by Crippen LogP contribution is -2.43. The molecule has 2 N–H and O–H groups in total. The molecule has 142 valence electrons. The molecule has 0 bridgehead atoms. The van der Waals surface area contributed by atoms with E-state index in [1.807, 2.05) is 11.0 Å².